The topological polar surface area (TPSA) is 15.3 Å². The average Bonchev–Trinajstić information content (AvgIpc) is 2.44. The highest BCUT2D eigenvalue weighted by Crippen LogP contribution is 2.33. The standard InChI is InChI=1S/C18H36N2/c1-5-6-16-7-8-18(19-4)17(11-16)13-20-10-9-14(2)15(3)12-20/h14-19H,5-13H2,1-4H3. The van der Waals surface area contributed by atoms with Crippen molar-refractivity contribution >= 4 is 0 Å². The van der Waals surface area contributed by atoms with Crippen LogP contribution in [0, 0.1) is 23.7 Å². The summed E-state index contributed by atoms with van der Waals surface area (Å²) in [6.07, 6.45) is 8.51. The number of hydrogen-bond donors (Lipinski definition) is 1. The zero-order valence-electron chi connectivity index (χ0n) is 14.2. The lowest BCUT2D eigenvalue weighted by Gasteiger charge is -2.42. The molecule has 0 amide bonds. The molecule has 0 aromatic rings. The number of nitrogens with one attached hydrogen (secondary N) is 1. The van der Waals surface area contributed by atoms with Gasteiger partial charge in [0.1, 0.15) is 0 Å². The van der Waals surface area contributed by atoms with E-state index in [2.05, 4.69) is 38.0 Å². The van der Waals surface area contributed by atoms with Gasteiger partial charge in [-0.3, -0.25) is 0 Å². The fourth-order valence-corrected chi connectivity index (χ4v) is 4.46. The Morgan fingerprint density at radius 1 is 1.10 bits per heavy atom. The lowest BCUT2D eigenvalue weighted by molar-refractivity contribution is 0.0880. The van der Waals surface area contributed by atoms with Gasteiger partial charge in [-0.1, -0.05) is 33.6 Å². The first-order valence-electron chi connectivity index (χ1n) is 9.03. The van der Waals surface area contributed by atoms with E-state index in [1.807, 2.05) is 0 Å². The molecule has 0 radical (unpaired) electrons. The van der Waals surface area contributed by atoms with Gasteiger partial charge in [0.2, 0.25) is 0 Å². The lowest BCUT2D eigenvalue weighted by atomic mass is 9.75. The quantitative estimate of drug-likeness (QED) is 0.824. The van der Waals surface area contributed by atoms with Gasteiger partial charge in [0.15, 0.2) is 0 Å². The normalized spacial score (nSPS) is 39.9. The summed E-state index contributed by atoms with van der Waals surface area (Å²) < 4.78 is 0. The van der Waals surface area contributed by atoms with Gasteiger partial charge in [-0.2, -0.15) is 0 Å². The largest absolute Gasteiger partial charge is 0.317 e. The Labute approximate surface area is 126 Å². The van der Waals surface area contributed by atoms with E-state index in [9.17, 15) is 0 Å². The van der Waals surface area contributed by atoms with Crippen LogP contribution >= 0.6 is 0 Å². The van der Waals surface area contributed by atoms with Crippen molar-refractivity contribution in [2.75, 3.05) is 26.7 Å². The average molecular weight is 281 g/mol. The highest BCUT2D eigenvalue weighted by atomic mass is 15.1. The molecule has 118 valence electrons. The van der Waals surface area contributed by atoms with Crippen LogP contribution in [0.15, 0.2) is 0 Å². The second-order valence-electron chi connectivity index (χ2n) is 7.63. The Bertz CT molecular complexity index is 279. The SMILES string of the molecule is CCCC1CCC(NC)C(CN2CCC(C)C(C)C2)C1. The predicted molar refractivity (Wildman–Crippen MR) is 88.0 cm³/mol. The van der Waals surface area contributed by atoms with Crippen LogP contribution in [0.3, 0.4) is 0 Å². The molecule has 5 unspecified atom stereocenters. The summed E-state index contributed by atoms with van der Waals surface area (Å²) in [4.78, 5) is 2.76. The summed E-state index contributed by atoms with van der Waals surface area (Å²) in [5, 5.41) is 3.60. The van der Waals surface area contributed by atoms with Gasteiger partial charge in [0.05, 0.1) is 0 Å². The van der Waals surface area contributed by atoms with E-state index >= 15 is 0 Å². The summed E-state index contributed by atoms with van der Waals surface area (Å²) in [6, 6.07) is 0.762. The fourth-order valence-electron chi connectivity index (χ4n) is 4.46. The molecule has 0 aromatic heterocycles. The molecular weight excluding hydrogens is 244 g/mol. The number of hydrogen-bond acceptors (Lipinski definition) is 2. The van der Waals surface area contributed by atoms with Gasteiger partial charge in [-0.05, 0) is 62.9 Å². The molecule has 1 N–H and O–H groups in total. The molecule has 0 spiro atoms. The van der Waals surface area contributed by atoms with Crippen molar-refractivity contribution in [2.24, 2.45) is 23.7 Å². The Morgan fingerprint density at radius 3 is 2.55 bits per heavy atom. The van der Waals surface area contributed by atoms with Gasteiger partial charge in [-0.25, -0.2) is 0 Å². The highest BCUT2D eigenvalue weighted by Gasteiger charge is 2.32. The molecule has 1 saturated carbocycles. The first kappa shape index (κ1) is 16.3. The maximum Gasteiger partial charge on any atom is 0.0105 e. The molecule has 2 nitrogen and oxygen atoms in total. The second-order valence-corrected chi connectivity index (χ2v) is 7.63. The van der Waals surface area contributed by atoms with Gasteiger partial charge >= 0.3 is 0 Å². The minimum absolute atomic E-state index is 0.762. The van der Waals surface area contributed by atoms with Crippen LogP contribution in [0.25, 0.3) is 0 Å². The van der Waals surface area contributed by atoms with Crippen LogP contribution in [0.4, 0.5) is 0 Å². The summed E-state index contributed by atoms with van der Waals surface area (Å²) in [5.74, 6) is 3.68. The van der Waals surface area contributed by atoms with Gasteiger partial charge in [0, 0.05) is 19.1 Å². The molecule has 1 heterocycles. The van der Waals surface area contributed by atoms with E-state index in [0.29, 0.717) is 0 Å². The molecule has 1 aliphatic carbocycles. The van der Waals surface area contributed by atoms with E-state index in [1.54, 1.807) is 0 Å². The van der Waals surface area contributed by atoms with E-state index in [4.69, 9.17) is 0 Å². The molecule has 2 rings (SSSR count). The molecule has 1 aliphatic heterocycles. The van der Waals surface area contributed by atoms with Crippen molar-refractivity contribution in [3.63, 3.8) is 0 Å². The number of nitrogens with zero attached hydrogens (tertiary/aromatic N) is 1. The molecule has 2 heteroatoms. The van der Waals surface area contributed by atoms with E-state index < -0.39 is 0 Å². The highest BCUT2D eigenvalue weighted by molar-refractivity contribution is 4.87. The number of rotatable bonds is 5. The van der Waals surface area contributed by atoms with Crippen LogP contribution in [-0.4, -0.2) is 37.6 Å². The Morgan fingerprint density at radius 2 is 1.90 bits per heavy atom. The molecule has 0 bridgehead atoms. The van der Waals surface area contributed by atoms with Crippen LogP contribution in [-0.2, 0) is 0 Å². The fraction of sp³-hybridized carbons (Fsp3) is 1.00. The first-order chi connectivity index (χ1) is 9.63. The summed E-state index contributed by atoms with van der Waals surface area (Å²) in [7, 11) is 2.17. The smallest absolute Gasteiger partial charge is 0.0105 e. The minimum Gasteiger partial charge on any atom is -0.317 e. The van der Waals surface area contributed by atoms with Crippen molar-refractivity contribution in [1.82, 2.24) is 10.2 Å². The van der Waals surface area contributed by atoms with Gasteiger partial charge < -0.3 is 10.2 Å². The molecule has 1 saturated heterocycles. The summed E-state index contributed by atoms with van der Waals surface area (Å²) >= 11 is 0. The van der Waals surface area contributed by atoms with Crippen LogP contribution in [0.2, 0.25) is 0 Å². The summed E-state index contributed by atoms with van der Waals surface area (Å²) in [5.41, 5.74) is 0. The van der Waals surface area contributed by atoms with Gasteiger partial charge in [-0.15, -0.1) is 0 Å². The summed E-state index contributed by atoms with van der Waals surface area (Å²) in [6.45, 7) is 11.2. The number of likely N-dealkylation sites (tertiary alicyclic amines) is 1. The zero-order chi connectivity index (χ0) is 14.5. The van der Waals surface area contributed by atoms with Crippen molar-refractivity contribution in [1.29, 1.82) is 0 Å². The van der Waals surface area contributed by atoms with E-state index in [0.717, 1.165) is 29.7 Å². The monoisotopic (exact) mass is 280 g/mol. The first-order valence-corrected chi connectivity index (χ1v) is 9.03. The molecule has 20 heavy (non-hydrogen) atoms. The Hall–Kier alpha value is -0.0800. The third-order valence-electron chi connectivity index (χ3n) is 6.07. The molecular formula is C18H36N2. The maximum absolute atomic E-state index is 3.60. The lowest BCUT2D eigenvalue weighted by Crippen LogP contribution is -2.47. The van der Waals surface area contributed by atoms with E-state index in [1.165, 1.54) is 58.2 Å². The Kier molecular flexibility index (Phi) is 6.35. The molecule has 0 aromatic carbocycles. The number of piperidine rings is 1. The van der Waals surface area contributed by atoms with E-state index in [-0.39, 0.29) is 0 Å². The van der Waals surface area contributed by atoms with Gasteiger partial charge in [0.25, 0.3) is 0 Å². The second kappa shape index (κ2) is 7.79. The van der Waals surface area contributed by atoms with Crippen molar-refractivity contribution in [2.45, 2.75) is 65.3 Å². The predicted octanol–water partition coefficient (Wildman–Crippen LogP) is 3.77. The van der Waals surface area contributed by atoms with Crippen molar-refractivity contribution < 1.29 is 0 Å². The zero-order valence-corrected chi connectivity index (χ0v) is 14.2. The minimum atomic E-state index is 0.762. The van der Waals surface area contributed by atoms with Crippen molar-refractivity contribution in [3.05, 3.63) is 0 Å². The third-order valence-corrected chi connectivity index (χ3v) is 6.07. The van der Waals surface area contributed by atoms with Crippen molar-refractivity contribution in [3.8, 4) is 0 Å². The third kappa shape index (κ3) is 4.21. The molecule has 2 aliphatic rings. The van der Waals surface area contributed by atoms with Crippen LogP contribution in [0.5, 0.6) is 0 Å². The molecule has 2 fully saturated rings. The molecule has 5 atom stereocenters. The Balaban J connectivity index is 1.87. The van der Waals surface area contributed by atoms with Crippen LogP contribution in [0.1, 0.15) is 59.3 Å². The van der Waals surface area contributed by atoms with Crippen LogP contribution < -0.4 is 5.32 Å². The maximum atomic E-state index is 3.60.